The van der Waals surface area contributed by atoms with E-state index >= 15 is 0 Å². The SMILES string of the molecule is CC(C)NC(=O)C1(Cc2cccc(-c3cccs3)c2)CCNCC1. The molecule has 128 valence electrons. The van der Waals surface area contributed by atoms with Crippen LogP contribution in [0.25, 0.3) is 10.4 Å². The Bertz CT molecular complexity index is 673. The highest BCUT2D eigenvalue weighted by Gasteiger charge is 2.39. The molecular weight excluding hydrogens is 316 g/mol. The summed E-state index contributed by atoms with van der Waals surface area (Å²) in [4.78, 5) is 14.2. The number of thiophene rings is 1. The third kappa shape index (κ3) is 3.87. The number of carbonyl (C=O) groups is 1. The average Bonchev–Trinajstić information content (AvgIpc) is 3.10. The van der Waals surface area contributed by atoms with Gasteiger partial charge in [0.1, 0.15) is 0 Å². The van der Waals surface area contributed by atoms with Gasteiger partial charge in [-0.25, -0.2) is 0 Å². The van der Waals surface area contributed by atoms with Gasteiger partial charge in [0, 0.05) is 10.9 Å². The van der Waals surface area contributed by atoms with Gasteiger partial charge in [-0.2, -0.15) is 0 Å². The second-order valence-electron chi connectivity index (χ2n) is 7.01. The van der Waals surface area contributed by atoms with Crippen molar-refractivity contribution in [3.8, 4) is 10.4 Å². The molecule has 24 heavy (non-hydrogen) atoms. The molecule has 3 nitrogen and oxygen atoms in total. The summed E-state index contributed by atoms with van der Waals surface area (Å²) >= 11 is 1.76. The highest BCUT2D eigenvalue weighted by Crippen LogP contribution is 2.35. The van der Waals surface area contributed by atoms with E-state index in [1.165, 1.54) is 16.0 Å². The van der Waals surface area contributed by atoms with Crippen LogP contribution in [0.1, 0.15) is 32.3 Å². The normalized spacial score (nSPS) is 17.0. The van der Waals surface area contributed by atoms with E-state index in [2.05, 4.69) is 52.4 Å². The van der Waals surface area contributed by atoms with Gasteiger partial charge in [-0.1, -0.05) is 30.3 Å². The standard InChI is InChI=1S/C20H26N2OS/c1-15(2)22-19(23)20(8-10-21-11-9-20)14-16-5-3-6-17(13-16)18-7-4-12-24-18/h3-7,12-13,15,21H,8-11,14H2,1-2H3,(H,22,23). The zero-order valence-electron chi connectivity index (χ0n) is 14.5. The summed E-state index contributed by atoms with van der Waals surface area (Å²) in [5, 5.41) is 8.64. The molecule has 1 aromatic carbocycles. The largest absolute Gasteiger partial charge is 0.353 e. The first-order valence-electron chi connectivity index (χ1n) is 8.74. The zero-order valence-corrected chi connectivity index (χ0v) is 15.3. The van der Waals surface area contributed by atoms with Gasteiger partial charge in [0.05, 0.1) is 5.41 Å². The molecule has 1 aliphatic heterocycles. The van der Waals surface area contributed by atoms with Gasteiger partial charge >= 0.3 is 0 Å². The van der Waals surface area contributed by atoms with Crippen molar-refractivity contribution < 1.29 is 4.79 Å². The van der Waals surface area contributed by atoms with Crippen LogP contribution in [0.4, 0.5) is 0 Å². The Morgan fingerprint density at radius 1 is 1.25 bits per heavy atom. The van der Waals surface area contributed by atoms with E-state index in [9.17, 15) is 4.79 Å². The van der Waals surface area contributed by atoms with E-state index in [4.69, 9.17) is 0 Å². The van der Waals surface area contributed by atoms with Crippen molar-refractivity contribution in [1.29, 1.82) is 0 Å². The highest BCUT2D eigenvalue weighted by atomic mass is 32.1. The maximum Gasteiger partial charge on any atom is 0.226 e. The maximum atomic E-state index is 12.9. The predicted molar refractivity (Wildman–Crippen MR) is 101 cm³/mol. The lowest BCUT2D eigenvalue weighted by Crippen LogP contribution is -2.50. The van der Waals surface area contributed by atoms with Gasteiger partial charge in [-0.15, -0.1) is 11.3 Å². The van der Waals surface area contributed by atoms with Gasteiger partial charge in [-0.05, 0) is 68.8 Å². The lowest BCUT2D eigenvalue weighted by atomic mass is 9.73. The first-order chi connectivity index (χ1) is 11.6. The van der Waals surface area contributed by atoms with Crippen molar-refractivity contribution in [2.45, 2.75) is 39.2 Å². The minimum Gasteiger partial charge on any atom is -0.353 e. The van der Waals surface area contributed by atoms with Crippen molar-refractivity contribution in [2.75, 3.05) is 13.1 Å². The predicted octanol–water partition coefficient (Wildman–Crippen LogP) is 3.85. The Balaban J connectivity index is 1.85. The summed E-state index contributed by atoms with van der Waals surface area (Å²) in [6, 6.07) is 13.1. The van der Waals surface area contributed by atoms with Crippen LogP contribution in [0, 0.1) is 5.41 Å². The first-order valence-corrected chi connectivity index (χ1v) is 9.62. The summed E-state index contributed by atoms with van der Waals surface area (Å²) in [6.45, 7) is 5.89. The lowest BCUT2D eigenvalue weighted by molar-refractivity contribution is -0.133. The summed E-state index contributed by atoms with van der Waals surface area (Å²) in [5.41, 5.74) is 2.21. The van der Waals surface area contributed by atoms with Crippen LogP contribution in [0.15, 0.2) is 41.8 Å². The summed E-state index contributed by atoms with van der Waals surface area (Å²) in [5.74, 6) is 0.209. The number of benzene rings is 1. The molecule has 0 bridgehead atoms. The molecule has 0 saturated carbocycles. The third-order valence-corrected chi connectivity index (χ3v) is 5.66. The van der Waals surface area contributed by atoms with Gasteiger partial charge in [0.25, 0.3) is 0 Å². The summed E-state index contributed by atoms with van der Waals surface area (Å²) < 4.78 is 0. The number of hydrogen-bond acceptors (Lipinski definition) is 3. The Hall–Kier alpha value is -1.65. The molecule has 2 aromatic rings. The van der Waals surface area contributed by atoms with Crippen LogP contribution < -0.4 is 10.6 Å². The van der Waals surface area contributed by atoms with E-state index in [0.717, 1.165) is 32.4 Å². The molecule has 0 radical (unpaired) electrons. The van der Waals surface area contributed by atoms with Crippen LogP contribution in [-0.4, -0.2) is 25.0 Å². The Labute approximate surface area is 148 Å². The second kappa shape index (κ2) is 7.49. The van der Waals surface area contributed by atoms with Gasteiger partial charge in [-0.3, -0.25) is 4.79 Å². The zero-order chi connectivity index (χ0) is 17.0. The lowest BCUT2D eigenvalue weighted by Gasteiger charge is -2.37. The average molecular weight is 343 g/mol. The van der Waals surface area contributed by atoms with Gasteiger partial charge in [0.15, 0.2) is 0 Å². The summed E-state index contributed by atoms with van der Waals surface area (Å²) in [7, 11) is 0. The molecule has 1 fully saturated rings. The molecule has 3 rings (SSSR count). The van der Waals surface area contributed by atoms with E-state index in [1.54, 1.807) is 11.3 Å². The molecule has 1 saturated heterocycles. The number of hydrogen-bond donors (Lipinski definition) is 2. The second-order valence-corrected chi connectivity index (χ2v) is 7.96. The smallest absolute Gasteiger partial charge is 0.226 e. The molecule has 0 unspecified atom stereocenters. The molecule has 2 N–H and O–H groups in total. The molecule has 1 aliphatic rings. The fourth-order valence-electron chi connectivity index (χ4n) is 3.47. The third-order valence-electron chi connectivity index (χ3n) is 4.74. The number of carbonyl (C=O) groups excluding carboxylic acids is 1. The Morgan fingerprint density at radius 2 is 2.04 bits per heavy atom. The molecule has 1 amide bonds. The monoisotopic (exact) mass is 342 g/mol. The van der Waals surface area contributed by atoms with Crippen molar-refractivity contribution in [3.05, 3.63) is 47.3 Å². The number of rotatable bonds is 5. The quantitative estimate of drug-likeness (QED) is 0.866. The highest BCUT2D eigenvalue weighted by molar-refractivity contribution is 7.13. The Kier molecular flexibility index (Phi) is 5.36. The molecule has 0 aliphatic carbocycles. The van der Waals surface area contributed by atoms with Crippen LogP contribution in [0.3, 0.4) is 0 Å². The number of amides is 1. The van der Waals surface area contributed by atoms with E-state index in [1.807, 2.05) is 13.8 Å². The molecule has 4 heteroatoms. The number of nitrogens with one attached hydrogen (secondary N) is 2. The van der Waals surface area contributed by atoms with Crippen LogP contribution >= 0.6 is 11.3 Å². The molecular formula is C20H26N2OS. The minimum absolute atomic E-state index is 0.182. The van der Waals surface area contributed by atoms with Crippen molar-refractivity contribution >= 4 is 17.2 Å². The van der Waals surface area contributed by atoms with E-state index in [0.29, 0.717) is 0 Å². The van der Waals surface area contributed by atoms with Crippen LogP contribution in [-0.2, 0) is 11.2 Å². The minimum atomic E-state index is -0.288. The maximum absolute atomic E-state index is 12.9. The topological polar surface area (TPSA) is 41.1 Å². The molecule has 2 heterocycles. The fraction of sp³-hybridized carbons (Fsp3) is 0.450. The fourth-order valence-corrected chi connectivity index (χ4v) is 4.20. The molecule has 0 spiro atoms. The van der Waals surface area contributed by atoms with Crippen molar-refractivity contribution in [2.24, 2.45) is 5.41 Å². The van der Waals surface area contributed by atoms with E-state index in [-0.39, 0.29) is 17.4 Å². The molecule has 0 atom stereocenters. The van der Waals surface area contributed by atoms with E-state index < -0.39 is 0 Å². The van der Waals surface area contributed by atoms with Crippen LogP contribution in [0.5, 0.6) is 0 Å². The Morgan fingerprint density at radius 3 is 2.71 bits per heavy atom. The summed E-state index contributed by atoms with van der Waals surface area (Å²) in [6.07, 6.45) is 2.61. The van der Waals surface area contributed by atoms with Crippen LogP contribution in [0.2, 0.25) is 0 Å². The molecule has 1 aromatic heterocycles. The van der Waals surface area contributed by atoms with Crippen molar-refractivity contribution in [3.63, 3.8) is 0 Å². The first kappa shape index (κ1) is 17.2. The van der Waals surface area contributed by atoms with Gasteiger partial charge < -0.3 is 10.6 Å². The van der Waals surface area contributed by atoms with Crippen molar-refractivity contribution in [1.82, 2.24) is 10.6 Å². The van der Waals surface area contributed by atoms with Gasteiger partial charge in [0.2, 0.25) is 5.91 Å². The number of piperidine rings is 1.